The van der Waals surface area contributed by atoms with Crippen LogP contribution in [0.25, 0.3) is 11.0 Å². The van der Waals surface area contributed by atoms with Gasteiger partial charge in [0.05, 0.1) is 17.3 Å². The zero-order chi connectivity index (χ0) is 24.1. The number of anilines is 2. The van der Waals surface area contributed by atoms with Crippen LogP contribution in [0.2, 0.25) is 0 Å². The largest absolute Gasteiger partial charge is 0.381 e. The number of aromatic nitrogens is 3. The van der Waals surface area contributed by atoms with Gasteiger partial charge in [-0.15, -0.1) is 0 Å². The van der Waals surface area contributed by atoms with E-state index in [1.807, 2.05) is 10.9 Å². The number of nitrogens with one attached hydrogen (secondary N) is 3. The highest BCUT2D eigenvalue weighted by atomic mass is 16.5. The van der Waals surface area contributed by atoms with Gasteiger partial charge in [-0.2, -0.15) is 5.10 Å². The minimum absolute atomic E-state index is 0.150. The number of carbonyl (C=O) groups is 2. The third kappa shape index (κ3) is 5.20. The molecule has 0 spiro atoms. The van der Waals surface area contributed by atoms with Gasteiger partial charge < -0.3 is 20.7 Å². The molecule has 0 atom stereocenters. The molecular weight excluding hydrogens is 432 g/mol. The lowest BCUT2D eigenvalue weighted by molar-refractivity contribution is -0.114. The number of nitrogens with zero attached hydrogens (tertiary/aromatic N) is 3. The predicted octanol–water partition coefficient (Wildman–Crippen LogP) is 3.49. The highest BCUT2D eigenvalue weighted by molar-refractivity contribution is 5.96. The molecule has 1 aliphatic heterocycles. The molecule has 0 radical (unpaired) electrons. The molecule has 180 valence electrons. The van der Waals surface area contributed by atoms with Crippen molar-refractivity contribution in [3.63, 3.8) is 0 Å². The van der Waals surface area contributed by atoms with Gasteiger partial charge in [0, 0.05) is 61.8 Å². The second-order valence-corrected chi connectivity index (χ2v) is 8.44. The molecule has 2 aromatic heterocycles. The van der Waals surface area contributed by atoms with Crippen LogP contribution in [0.5, 0.6) is 0 Å². The fourth-order valence-electron chi connectivity index (χ4n) is 4.28. The predicted molar refractivity (Wildman–Crippen MR) is 132 cm³/mol. The maximum atomic E-state index is 12.9. The quantitative estimate of drug-likeness (QED) is 0.471. The Labute approximate surface area is 199 Å². The van der Waals surface area contributed by atoms with Crippen molar-refractivity contribution >= 4 is 34.2 Å². The molecule has 3 heterocycles. The first kappa shape index (κ1) is 23.7. The number of carbonyl (C=O) groups excluding carboxylic acids is 2. The van der Waals surface area contributed by atoms with Crippen molar-refractivity contribution in [3.8, 4) is 0 Å². The van der Waals surface area contributed by atoms with Crippen LogP contribution in [0.15, 0.2) is 30.5 Å². The van der Waals surface area contributed by atoms with Crippen LogP contribution in [-0.2, 0) is 29.0 Å². The highest BCUT2D eigenvalue weighted by Crippen LogP contribution is 2.31. The normalized spacial score (nSPS) is 14.2. The molecule has 4 rings (SSSR count). The second-order valence-electron chi connectivity index (χ2n) is 8.44. The molecule has 3 N–H and O–H groups in total. The Morgan fingerprint density at radius 2 is 1.88 bits per heavy atom. The molecule has 1 aromatic carbocycles. The highest BCUT2D eigenvalue weighted by Gasteiger charge is 2.22. The Balaban J connectivity index is 1.61. The molecule has 0 aliphatic carbocycles. The number of hydrogen-bond acceptors (Lipinski definition) is 6. The third-order valence-electron chi connectivity index (χ3n) is 6.07. The van der Waals surface area contributed by atoms with Gasteiger partial charge in [-0.25, -0.2) is 9.67 Å². The topological polar surface area (TPSA) is 110 Å². The average Bonchev–Trinajstić information content (AvgIpc) is 3.26. The summed E-state index contributed by atoms with van der Waals surface area (Å²) < 4.78 is 7.44. The van der Waals surface area contributed by atoms with E-state index in [-0.39, 0.29) is 11.8 Å². The number of fused-ring (bicyclic) bond motifs is 1. The number of hydrogen-bond donors (Lipinski definition) is 3. The van der Waals surface area contributed by atoms with Gasteiger partial charge in [0.15, 0.2) is 5.65 Å². The van der Waals surface area contributed by atoms with E-state index in [4.69, 9.17) is 9.72 Å². The van der Waals surface area contributed by atoms with Crippen molar-refractivity contribution in [2.45, 2.75) is 59.2 Å². The first-order valence-electron chi connectivity index (χ1n) is 11.9. The molecule has 1 aliphatic rings. The van der Waals surface area contributed by atoms with Crippen LogP contribution >= 0.6 is 0 Å². The van der Waals surface area contributed by atoms with Crippen LogP contribution < -0.4 is 16.0 Å². The van der Waals surface area contributed by atoms with Crippen molar-refractivity contribution in [1.82, 2.24) is 20.1 Å². The second kappa shape index (κ2) is 10.6. The monoisotopic (exact) mass is 464 g/mol. The molecule has 0 bridgehead atoms. The summed E-state index contributed by atoms with van der Waals surface area (Å²) in [5.41, 5.74) is 4.97. The molecular formula is C25H32N6O3. The number of ether oxygens (including phenoxy) is 1. The summed E-state index contributed by atoms with van der Waals surface area (Å²) in [5, 5.41) is 15.0. The van der Waals surface area contributed by atoms with E-state index in [2.05, 4.69) is 34.9 Å². The van der Waals surface area contributed by atoms with Crippen LogP contribution in [0.1, 0.15) is 55.2 Å². The number of pyridine rings is 1. The van der Waals surface area contributed by atoms with E-state index in [9.17, 15) is 9.59 Å². The van der Waals surface area contributed by atoms with E-state index >= 15 is 0 Å². The maximum absolute atomic E-state index is 12.9. The summed E-state index contributed by atoms with van der Waals surface area (Å²) in [5.74, 6) is -0.332. The van der Waals surface area contributed by atoms with E-state index < -0.39 is 0 Å². The zero-order valence-electron chi connectivity index (χ0n) is 20.0. The first-order chi connectivity index (χ1) is 16.5. The SMILES string of the molecule is CCc1nc2c(cnn2CC)c(NC2CCOCC2)c1CNC(=O)c1ccc(NC(C)=O)cc1. The third-order valence-corrected chi connectivity index (χ3v) is 6.07. The van der Waals surface area contributed by atoms with Crippen LogP contribution in [0.4, 0.5) is 11.4 Å². The molecule has 3 aromatic rings. The molecule has 1 saturated heterocycles. The maximum Gasteiger partial charge on any atom is 0.251 e. The molecule has 34 heavy (non-hydrogen) atoms. The van der Waals surface area contributed by atoms with E-state index in [1.54, 1.807) is 24.3 Å². The van der Waals surface area contributed by atoms with Gasteiger partial charge in [0.25, 0.3) is 5.91 Å². The lowest BCUT2D eigenvalue weighted by atomic mass is 10.0. The Bertz CT molecular complexity index is 1170. The van der Waals surface area contributed by atoms with Crippen LogP contribution in [0.3, 0.4) is 0 Å². The molecule has 0 unspecified atom stereocenters. The fraction of sp³-hybridized carbons (Fsp3) is 0.440. The molecule has 2 amide bonds. The lowest BCUT2D eigenvalue weighted by Crippen LogP contribution is -2.30. The van der Waals surface area contributed by atoms with E-state index in [0.717, 1.165) is 67.0 Å². The van der Waals surface area contributed by atoms with Gasteiger partial charge in [-0.05, 0) is 50.5 Å². The first-order valence-corrected chi connectivity index (χ1v) is 11.9. The van der Waals surface area contributed by atoms with Crippen molar-refractivity contribution in [1.29, 1.82) is 0 Å². The average molecular weight is 465 g/mol. The van der Waals surface area contributed by atoms with Crippen molar-refractivity contribution in [3.05, 3.63) is 47.3 Å². The smallest absolute Gasteiger partial charge is 0.251 e. The van der Waals surface area contributed by atoms with E-state index in [1.165, 1.54) is 6.92 Å². The van der Waals surface area contributed by atoms with Gasteiger partial charge in [0.2, 0.25) is 5.91 Å². The van der Waals surface area contributed by atoms with Crippen LogP contribution in [0, 0.1) is 0 Å². The summed E-state index contributed by atoms with van der Waals surface area (Å²) >= 11 is 0. The lowest BCUT2D eigenvalue weighted by Gasteiger charge is -2.26. The van der Waals surface area contributed by atoms with E-state index in [0.29, 0.717) is 23.8 Å². The van der Waals surface area contributed by atoms with Crippen LogP contribution in [-0.4, -0.2) is 45.8 Å². The summed E-state index contributed by atoms with van der Waals surface area (Å²) in [7, 11) is 0. The Kier molecular flexibility index (Phi) is 7.42. The number of aryl methyl sites for hydroxylation is 2. The summed E-state index contributed by atoms with van der Waals surface area (Å²) in [6, 6.07) is 7.15. The van der Waals surface area contributed by atoms with Gasteiger partial charge in [-0.1, -0.05) is 6.92 Å². The summed E-state index contributed by atoms with van der Waals surface area (Å²) in [6.07, 6.45) is 4.46. The molecule has 0 saturated carbocycles. The van der Waals surface area contributed by atoms with Gasteiger partial charge in [-0.3, -0.25) is 9.59 Å². The molecule has 9 nitrogen and oxygen atoms in total. The van der Waals surface area contributed by atoms with Crippen molar-refractivity contribution in [2.75, 3.05) is 23.8 Å². The van der Waals surface area contributed by atoms with Gasteiger partial charge in [0.1, 0.15) is 0 Å². The molecule has 9 heteroatoms. The minimum Gasteiger partial charge on any atom is -0.381 e. The minimum atomic E-state index is -0.183. The number of benzene rings is 1. The number of amides is 2. The Hall–Kier alpha value is -3.46. The summed E-state index contributed by atoms with van der Waals surface area (Å²) in [4.78, 5) is 29.0. The Morgan fingerprint density at radius 1 is 1.15 bits per heavy atom. The fourth-order valence-corrected chi connectivity index (χ4v) is 4.28. The number of rotatable bonds is 8. The van der Waals surface area contributed by atoms with Gasteiger partial charge >= 0.3 is 0 Å². The Morgan fingerprint density at radius 3 is 2.53 bits per heavy atom. The van der Waals surface area contributed by atoms with Crippen molar-refractivity contribution < 1.29 is 14.3 Å². The zero-order valence-corrected chi connectivity index (χ0v) is 20.0. The molecule has 1 fully saturated rings. The standard InChI is InChI=1S/C25H32N6O3/c1-4-22-20(14-26-25(33)17-6-8-18(9-7-17)28-16(3)32)23(29-19-10-12-34-13-11-19)21-15-27-31(5-2)24(21)30-22/h6-9,15,19H,4-5,10-14H2,1-3H3,(H,26,33)(H,28,32)(H,29,30). The van der Waals surface area contributed by atoms with Crippen molar-refractivity contribution in [2.24, 2.45) is 0 Å². The summed E-state index contributed by atoms with van der Waals surface area (Å²) in [6.45, 7) is 8.14.